The van der Waals surface area contributed by atoms with Gasteiger partial charge in [-0.1, -0.05) is 87.9 Å². The van der Waals surface area contributed by atoms with Crippen molar-refractivity contribution >= 4 is 16.3 Å². The van der Waals surface area contributed by atoms with E-state index in [0.717, 1.165) is 24.0 Å². The first-order chi connectivity index (χ1) is 16.7. The van der Waals surface area contributed by atoms with E-state index in [4.69, 9.17) is 4.74 Å². The standard InChI is InChI=1S/C26H39N3O5S/c1-4-5-16-27-35(32,33)29(18-21(2)3)19-25(30)24(17-22-12-8-6-9-13-22)28-26(31)34-20-23-14-10-7-11-15-23/h6-15,21,24-25,27,30H,4-5,16-20H2,1-3H3,(H,28,31)/t24?,25-/m1/s1. The summed E-state index contributed by atoms with van der Waals surface area (Å²) >= 11 is 0. The number of alkyl carbamates (subject to hydrolysis) is 1. The van der Waals surface area contributed by atoms with Crippen LogP contribution in [0.2, 0.25) is 0 Å². The molecule has 0 spiro atoms. The van der Waals surface area contributed by atoms with Crippen molar-refractivity contribution < 1.29 is 23.1 Å². The molecule has 0 aliphatic carbocycles. The van der Waals surface area contributed by atoms with Crippen molar-refractivity contribution in [1.82, 2.24) is 14.3 Å². The SMILES string of the molecule is CCCCNS(=O)(=O)N(CC(C)C)C[C@@H](O)C(Cc1ccccc1)NC(=O)OCc1ccccc1. The van der Waals surface area contributed by atoms with E-state index in [2.05, 4.69) is 10.0 Å². The van der Waals surface area contributed by atoms with Gasteiger partial charge in [0.25, 0.3) is 10.2 Å². The molecule has 35 heavy (non-hydrogen) atoms. The molecule has 0 heterocycles. The molecular weight excluding hydrogens is 466 g/mol. The number of benzene rings is 2. The molecule has 0 saturated heterocycles. The Morgan fingerprint density at radius 2 is 1.60 bits per heavy atom. The predicted octanol–water partition coefficient (Wildman–Crippen LogP) is 3.48. The monoisotopic (exact) mass is 505 g/mol. The first-order valence-corrected chi connectivity index (χ1v) is 13.6. The second kappa shape index (κ2) is 14.8. The summed E-state index contributed by atoms with van der Waals surface area (Å²) in [4.78, 5) is 12.6. The van der Waals surface area contributed by atoms with Gasteiger partial charge in [0, 0.05) is 19.6 Å². The number of rotatable bonds is 15. The average Bonchev–Trinajstić information content (AvgIpc) is 2.83. The first-order valence-electron chi connectivity index (χ1n) is 12.1. The number of carbonyl (C=O) groups excluding carboxylic acids is 1. The third-order valence-electron chi connectivity index (χ3n) is 5.39. The van der Waals surface area contributed by atoms with E-state index in [0.29, 0.717) is 13.0 Å². The molecule has 8 nitrogen and oxygen atoms in total. The summed E-state index contributed by atoms with van der Waals surface area (Å²) in [5.41, 5.74) is 1.74. The molecule has 2 atom stereocenters. The van der Waals surface area contributed by atoms with Crippen molar-refractivity contribution in [2.45, 2.75) is 58.8 Å². The number of ether oxygens (including phenoxy) is 1. The molecule has 0 aromatic heterocycles. The highest BCUT2D eigenvalue weighted by Gasteiger charge is 2.30. The smallest absolute Gasteiger partial charge is 0.407 e. The van der Waals surface area contributed by atoms with Gasteiger partial charge in [-0.15, -0.1) is 0 Å². The van der Waals surface area contributed by atoms with Crippen LogP contribution < -0.4 is 10.0 Å². The van der Waals surface area contributed by atoms with Crippen molar-refractivity contribution in [3.05, 3.63) is 71.8 Å². The van der Waals surface area contributed by atoms with Crippen molar-refractivity contribution in [3.8, 4) is 0 Å². The predicted molar refractivity (Wildman–Crippen MR) is 138 cm³/mol. The van der Waals surface area contributed by atoms with Gasteiger partial charge >= 0.3 is 6.09 Å². The lowest BCUT2D eigenvalue weighted by Crippen LogP contribution is -2.53. The van der Waals surface area contributed by atoms with Gasteiger partial charge in [0.05, 0.1) is 12.1 Å². The number of carbonyl (C=O) groups is 1. The van der Waals surface area contributed by atoms with E-state index < -0.39 is 28.4 Å². The maximum absolute atomic E-state index is 12.9. The topological polar surface area (TPSA) is 108 Å². The van der Waals surface area contributed by atoms with Gasteiger partial charge in [0.2, 0.25) is 0 Å². The van der Waals surface area contributed by atoms with Gasteiger partial charge in [0.15, 0.2) is 0 Å². The van der Waals surface area contributed by atoms with Gasteiger partial charge in [-0.05, 0) is 29.9 Å². The highest BCUT2D eigenvalue weighted by molar-refractivity contribution is 7.87. The fourth-order valence-electron chi connectivity index (χ4n) is 3.55. The molecule has 2 aromatic rings. The fraction of sp³-hybridized carbons (Fsp3) is 0.500. The molecule has 0 aliphatic heterocycles. The van der Waals surface area contributed by atoms with E-state index in [1.807, 2.05) is 81.4 Å². The molecule has 1 amide bonds. The Balaban J connectivity index is 2.13. The number of hydrogen-bond acceptors (Lipinski definition) is 5. The molecule has 0 saturated carbocycles. The maximum Gasteiger partial charge on any atom is 0.407 e. The lowest BCUT2D eigenvalue weighted by molar-refractivity contribution is 0.0871. The van der Waals surface area contributed by atoms with Crippen LogP contribution >= 0.6 is 0 Å². The van der Waals surface area contributed by atoms with E-state index in [9.17, 15) is 18.3 Å². The highest BCUT2D eigenvalue weighted by Crippen LogP contribution is 2.12. The van der Waals surface area contributed by atoms with Gasteiger partial charge in [0.1, 0.15) is 6.61 Å². The van der Waals surface area contributed by atoms with E-state index in [1.165, 1.54) is 4.31 Å². The third kappa shape index (κ3) is 10.8. The summed E-state index contributed by atoms with van der Waals surface area (Å²) in [6.45, 7) is 6.34. The summed E-state index contributed by atoms with van der Waals surface area (Å²) in [6, 6.07) is 18.0. The molecule has 1 unspecified atom stereocenters. The number of unbranched alkanes of at least 4 members (excludes halogenated alkanes) is 1. The summed E-state index contributed by atoms with van der Waals surface area (Å²) < 4.78 is 35.1. The summed E-state index contributed by atoms with van der Waals surface area (Å²) in [5, 5.41) is 13.9. The molecule has 9 heteroatoms. The van der Waals surface area contributed by atoms with Gasteiger partial charge in [-0.3, -0.25) is 0 Å². The Morgan fingerprint density at radius 1 is 1.00 bits per heavy atom. The van der Waals surface area contributed by atoms with Crippen LogP contribution in [0.5, 0.6) is 0 Å². The van der Waals surface area contributed by atoms with Gasteiger partial charge < -0.3 is 15.2 Å². The molecule has 0 radical (unpaired) electrons. The molecule has 0 bridgehead atoms. The Morgan fingerprint density at radius 3 is 2.17 bits per heavy atom. The molecule has 0 aliphatic rings. The molecule has 3 N–H and O–H groups in total. The van der Waals surface area contributed by atoms with Crippen LogP contribution in [0.4, 0.5) is 4.79 Å². The van der Waals surface area contributed by atoms with Crippen LogP contribution in [0.15, 0.2) is 60.7 Å². The highest BCUT2D eigenvalue weighted by atomic mass is 32.2. The quantitative estimate of drug-likeness (QED) is 0.321. The zero-order chi connectivity index (χ0) is 25.7. The molecular formula is C26H39N3O5S. The summed E-state index contributed by atoms with van der Waals surface area (Å²) in [7, 11) is -3.79. The number of aliphatic hydroxyl groups is 1. The minimum absolute atomic E-state index is 0.0568. The number of nitrogens with zero attached hydrogens (tertiary/aromatic N) is 1. The minimum Gasteiger partial charge on any atom is -0.445 e. The Labute approximate surface area is 209 Å². The summed E-state index contributed by atoms with van der Waals surface area (Å²) in [5.74, 6) is 0.0568. The zero-order valence-corrected chi connectivity index (χ0v) is 21.7. The van der Waals surface area contributed by atoms with Gasteiger partial charge in [-0.25, -0.2) is 9.52 Å². The van der Waals surface area contributed by atoms with Crippen LogP contribution in [0.1, 0.15) is 44.7 Å². The average molecular weight is 506 g/mol. The number of hydrogen-bond donors (Lipinski definition) is 3. The lowest BCUT2D eigenvalue weighted by Gasteiger charge is -2.30. The Bertz CT molecular complexity index is 971. The molecule has 194 valence electrons. The van der Waals surface area contributed by atoms with Crippen molar-refractivity contribution in [3.63, 3.8) is 0 Å². The second-order valence-electron chi connectivity index (χ2n) is 9.03. The van der Waals surface area contributed by atoms with Crippen LogP contribution in [-0.4, -0.2) is 55.7 Å². The minimum atomic E-state index is -3.79. The number of amides is 1. The fourth-order valence-corrected chi connectivity index (χ4v) is 4.98. The Hall–Kier alpha value is -2.46. The molecule has 2 aromatic carbocycles. The summed E-state index contributed by atoms with van der Waals surface area (Å²) in [6.07, 6.45) is 0.0854. The Kier molecular flexibility index (Phi) is 12.2. The second-order valence-corrected chi connectivity index (χ2v) is 10.8. The number of nitrogens with one attached hydrogen (secondary N) is 2. The largest absolute Gasteiger partial charge is 0.445 e. The van der Waals surface area contributed by atoms with Crippen LogP contribution in [0, 0.1) is 5.92 Å². The van der Waals surface area contributed by atoms with Crippen LogP contribution in [-0.2, 0) is 28.0 Å². The van der Waals surface area contributed by atoms with E-state index in [1.54, 1.807) is 0 Å². The molecule has 2 rings (SSSR count). The first kappa shape index (κ1) is 28.8. The van der Waals surface area contributed by atoms with Crippen molar-refractivity contribution in [2.24, 2.45) is 5.92 Å². The zero-order valence-electron chi connectivity index (χ0n) is 20.9. The van der Waals surface area contributed by atoms with Crippen LogP contribution in [0.25, 0.3) is 0 Å². The van der Waals surface area contributed by atoms with Crippen LogP contribution in [0.3, 0.4) is 0 Å². The lowest BCUT2D eigenvalue weighted by atomic mass is 10.0. The van der Waals surface area contributed by atoms with Gasteiger partial charge in [-0.2, -0.15) is 12.7 Å². The maximum atomic E-state index is 12.9. The normalized spacial score (nSPS) is 13.5. The van der Waals surface area contributed by atoms with E-state index in [-0.39, 0.29) is 25.6 Å². The third-order valence-corrected chi connectivity index (χ3v) is 6.94. The number of aliphatic hydroxyl groups excluding tert-OH is 1. The van der Waals surface area contributed by atoms with E-state index >= 15 is 0 Å². The van der Waals surface area contributed by atoms with Crippen molar-refractivity contribution in [2.75, 3.05) is 19.6 Å². The van der Waals surface area contributed by atoms with Crippen molar-refractivity contribution in [1.29, 1.82) is 0 Å². The molecule has 0 fully saturated rings.